The van der Waals surface area contributed by atoms with Crippen LogP contribution in [0.1, 0.15) is 17.5 Å². The Morgan fingerprint density at radius 1 is 1.07 bits per heavy atom. The molecule has 1 aliphatic heterocycles. The van der Waals surface area contributed by atoms with Gasteiger partial charge in [-0.05, 0) is 30.2 Å². The van der Waals surface area contributed by atoms with Gasteiger partial charge in [-0.25, -0.2) is 0 Å². The summed E-state index contributed by atoms with van der Waals surface area (Å²) < 4.78 is 49.3. The van der Waals surface area contributed by atoms with E-state index < -0.39 is 17.8 Å². The molecule has 1 aliphatic rings. The molecule has 1 amide bonds. The number of fused-ring (bicyclic) bond motifs is 1. The Balaban J connectivity index is 1.54. The van der Waals surface area contributed by atoms with Crippen molar-refractivity contribution >= 4 is 11.6 Å². The second-order valence-electron chi connectivity index (χ2n) is 6.14. The number of aliphatic hydroxyl groups excluding tert-OH is 1. The number of hydrogen-bond acceptors (Lipinski definition) is 4. The van der Waals surface area contributed by atoms with Crippen molar-refractivity contribution in [2.45, 2.75) is 25.1 Å². The fraction of sp³-hybridized carbons (Fsp3) is 0.316. The maximum atomic E-state index is 12.9. The number of aryl methyl sites for hydroxylation is 1. The standard InChI is InChI=1S/C19H18F3NO4/c20-19(21,22)15-3-1-2-4-17(15)27-11-13(24)10-26-14-7-5-12-6-8-18(25)23-16(12)9-14/h1-5,7,9,13,24H,6,8,10-11H2,(H,23,25). The number of carbonyl (C=O) groups excluding carboxylic acids is 1. The molecular weight excluding hydrogens is 363 g/mol. The molecule has 1 heterocycles. The van der Waals surface area contributed by atoms with Crippen molar-refractivity contribution in [2.24, 2.45) is 0 Å². The molecule has 2 aromatic carbocycles. The van der Waals surface area contributed by atoms with Crippen LogP contribution in [0.4, 0.5) is 18.9 Å². The molecule has 1 unspecified atom stereocenters. The SMILES string of the molecule is O=C1CCc2ccc(OCC(O)COc3ccccc3C(F)(F)F)cc2N1. The fourth-order valence-electron chi connectivity index (χ4n) is 2.69. The van der Waals surface area contributed by atoms with Gasteiger partial charge in [0.05, 0.1) is 5.56 Å². The molecule has 0 saturated heterocycles. The lowest BCUT2D eigenvalue weighted by Gasteiger charge is -2.19. The van der Waals surface area contributed by atoms with Gasteiger partial charge < -0.3 is 19.9 Å². The van der Waals surface area contributed by atoms with Crippen LogP contribution in [0, 0.1) is 0 Å². The zero-order valence-corrected chi connectivity index (χ0v) is 14.3. The summed E-state index contributed by atoms with van der Waals surface area (Å²) >= 11 is 0. The zero-order chi connectivity index (χ0) is 19.4. The maximum absolute atomic E-state index is 12.9. The Bertz CT molecular complexity index is 823. The van der Waals surface area contributed by atoms with Crippen LogP contribution in [-0.2, 0) is 17.4 Å². The maximum Gasteiger partial charge on any atom is 0.419 e. The Labute approximate surface area is 153 Å². The molecule has 1 atom stereocenters. The molecule has 8 heteroatoms. The van der Waals surface area contributed by atoms with Crippen LogP contribution in [0.3, 0.4) is 0 Å². The Morgan fingerprint density at radius 2 is 1.81 bits per heavy atom. The van der Waals surface area contributed by atoms with Gasteiger partial charge in [-0.3, -0.25) is 4.79 Å². The Morgan fingerprint density at radius 3 is 2.59 bits per heavy atom. The van der Waals surface area contributed by atoms with Crippen LogP contribution in [0.2, 0.25) is 0 Å². The second-order valence-corrected chi connectivity index (χ2v) is 6.14. The summed E-state index contributed by atoms with van der Waals surface area (Å²) in [4.78, 5) is 11.4. The fourth-order valence-corrected chi connectivity index (χ4v) is 2.69. The first-order valence-corrected chi connectivity index (χ1v) is 8.35. The highest BCUT2D eigenvalue weighted by Gasteiger charge is 2.34. The number of nitrogens with one attached hydrogen (secondary N) is 1. The predicted octanol–water partition coefficient (Wildman–Crippen LogP) is 3.41. The van der Waals surface area contributed by atoms with Gasteiger partial charge in [-0.1, -0.05) is 18.2 Å². The number of rotatable bonds is 6. The number of carbonyl (C=O) groups is 1. The van der Waals surface area contributed by atoms with E-state index in [0.717, 1.165) is 11.6 Å². The summed E-state index contributed by atoms with van der Waals surface area (Å²) in [7, 11) is 0. The molecule has 144 valence electrons. The zero-order valence-electron chi connectivity index (χ0n) is 14.3. The van der Waals surface area contributed by atoms with Crippen molar-refractivity contribution in [3.8, 4) is 11.5 Å². The van der Waals surface area contributed by atoms with E-state index in [4.69, 9.17) is 9.47 Å². The summed E-state index contributed by atoms with van der Waals surface area (Å²) in [6, 6.07) is 10.00. The van der Waals surface area contributed by atoms with Crippen LogP contribution in [0.5, 0.6) is 11.5 Å². The van der Waals surface area contributed by atoms with Crippen LogP contribution < -0.4 is 14.8 Å². The van der Waals surface area contributed by atoms with Crippen molar-refractivity contribution in [2.75, 3.05) is 18.5 Å². The van der Waals surface area contributed by atoms with E-state index in [9.17, 15) is 23.1 Å². The van der Waals surface area contributed by atoms with Crippen molar-refractivity contribution in [1.29, 1.82) is 0 Å². The molecule has 27 heavy (non-hydrogen) atoms. The van der Waals surface area contributed by atoms with Gasteiger partial charge in [-0.2, -0.15) is 13.2 Å². The number of ether oxygens (including phenoxy) is 2. The number of anilines is 1. The second kappa shape index (κ2) is 7.87. The summed E-state index contributed by atoms with van der Waals surface area (Å²) in [5.41, 5.74) is 0.756. The predicted molar refractivity (Wildman–Crippen MR) is 91.8 cm³/mol. The minimum Gasteiger partial charge on any atom is -0.491 e. The molecule has 0 spiro atoms. The van der Waals surface area contributed by atoms with E-state index in [1.807, 2.05) is 6.07 Å². The summed E-state index contributed by atoms with van der Waals surface area (Å²) in [5, 5.41) is 12.7. The van der Waals surface area contributed by atoms with Crippen LogP contribution in [0.15, 0.2) is 42.5 Å². The molecule has 5 nitrogen and oxygen atoms in total. The third-order valence-electron chi connectivity index (χ3n) is 4.04. The molecule has 0 aromatic heterocycles. The largest absolute Gasteiger partial charge is 0.491 e. The van der Waals surface area contributed by atoms with Crippen LogP contribution >= 0.6 is 0 Å². The van der Waals surface area contributed by atoms with Gasteiger partial charge in [0.15, 0.2) is 0 Å². The van der Waals surface area contributed by atoms with Crippen molar-refractivity contribution in [1.82, 2.24) is 0 Å². The number of aliphatic hydroxyl groups is 1. The Hall–Kier alpha value is -2.74. The molecule has 0 bridgehead atoms. The summed E-state index contributed by atoms with van der Waals surface area (Å²) in [6.07, 6.45) is -4.58. The smallest absolute Gasteiger partial charge is 0.419 e. The van der Waals surface area contributed by atoms with Gasteiger partial charge in [0.2, 0.25) is 5.91 Å². The van der Waals surface area contributed by atoms with Gasteiger partial charge in [0.25, 0.3) is 0 Å². The molecule has 0 aliphatic carbocycles. The van der Waals surface area contributed by atoms with E-state index in [-0.39, 0.29) is 24.9 Å². The molecule has 2 N–H and O–H groups in total. The number of para-hydroxylation sites is 1. The number of amides is 1. The van der Waals surface area contributed by atoms with Crippen molar-refractivity contribution < 1.29 is 32.5 Å². The van der Waals surface area contributed by atoms with Gasteiger partial charge in [0.1, 0.15) is 30.8 Å². The molecule has 0 fully saturated rings. The highest BCUT2D eigenvalue weighted by Crippen LogP contribution is 2.36. The Kier molecular flexibility index (Phi) is 5.55. The summed E-state index contributed by atoms with van der Waals surface area (Å²) in [5.74, 6) is 0.0163. The third kappa shape index (κ3) is 4.91. The number of hydrogen-bond donors (Lipinski definition) is 2. The topological polar surface area (TPSA) is 67.8 Å². The third-order valence-corrected chi connectivity index (χ3v) is 4.04. The van der Waals surface area contributed by atoms with E-state index in [0.29, 0.717) is 24.3 Å². The monoisotopic (exact) mass is 381 g/mol. The minimum atomic E-state index is -4.54. The molecule has 0 saturated carbocycles. The average Bonchev–Trinajstić information content (AvgIpc) is 2.63. The highest BCUT2D eigenvalue weighted by molar-refractivity contribution is 5.94. The lowest BCUT2D eigenvalue weighted by Crippen LogP contribution is -2.26. The van der Waals surface area contributed by atoms with Gasteiger partial charge >= 0.3 is 6.18 Å². The van der Waals surface area contributed by atoms with Gasteiger partial charge in [-0.15, -0.1) is 0 Å². The summed E-state index contributed by atoms with van der Waals surface area (Å²) in [6.45, 7) is -0.518. The molecule has 3 rings (SSSR count). The number of benzene rings is 2. The molecule has 0 radical (unpaired) electrons. The number of halogens is 3. The number of alkyl halides is 3. The highest BCUT2D eigenvalue weighted by atomic mass is 19.4. The first kappa shape index (κ1) is 19.0. The van der Waals surface area contributed by atoms with E-state index >= 15 is 0 Å². The molecular formula is C19H18F3NO4. The average molecular weight is 381 g/mol. The lowest BCUT2D eigenvalue weighted by molar-refractivity contribution is -0.139. The van der Waals surface area contributed by atoms with E-state index in [2.05, 4.69) is 5.32 Å². The first-order chi connectivity index (χ1) is 12.8. The van der Waals surface area contributed by atoms with Crippen molar-refractivity contribution in [3.05, 3.63) is 53.6 Å². The van der Waals surface area contributed by atoms with Crippen LogP contribution in [0.25, 0.3) is 0 Å². The molecule has 2 aromatic rings. The minimum absolute atomic E-state index is 0.0728. The van der Waals surface area contributed by atoms with E-state index in [1.54, 1.807) is 12.1 Å². The van der Waals surface area contributed by atoms with Crippen LogP contribution in [-0.4, -0.2) is 30.3 Å². The quantitative estimate of drug-likeness (QED) is 0.805. The first-order valence-electron chi connectivity index (χ1n) is 8.35. The van der Waals surface area contributed by atoms with Crippen molar-refractivity contribution in [3.63, 3.8) is 0 Å². The normalized spacial score (nSPS) is 14.9. The lowest BCUT2D eigenvalue weighted by atomic mass is 10.0. The van der Waals surface area contributed by atoms with Gasteiger partial charge in [0, 0.05) is 18.2 Å². The van der Waals surface area contributed by atoms with E-state index in [1.165, 1.54) is 18.2 Å².